The third-order valence-electron chi connectivity index (χ3n) is 1.94. The Balaban J connectivity index is 2.74. The molecule has 0 saturated heterocycles. The summed E-state index contributed by atoms with van der Waals surface area (Å²) in [6, 6.07) is 1.27. The second-order valence-corrected chi connectivity index (χ2v) is 3.70. The average Bonchev–Trinajstić information content (AvgIpc) is 2.60. The number of rotatable bonds is 1. The number of carbonyl (C=O) groups is 1. The molecule has 0 saturated carbocycles. The van der Waals surface area contributed by atoms with Gasteiger partial charge in [-0.3, -0.25) is 0 Å². The van der Waals surface area contributed by atoms with E-state index in [1.807, 2.05) is 0 Å². The number of hydrogen-bond donors (Lipinski definition) is 0. The minimum Gasteiger partial charge on any atom is -0.465 e. The standard InChI is InChI=1S/C9H6BrFN2O2/c1-15-9(14)6-3-12-13-4-5(11)2-7(10)8(6)13/h2-4H,1H3. The van der Waals surface area contributed by atoms with Crippen LogP contribution in [0, 0.1) is 5.82 Å². The highest BCUT2D eigenvalue weighted by atomic mass is 79.9. The number of pyridine rings is 1. The van der Waals surface area contributed by atoms with Gasteiger partial charge in [0.2, 0.25) is 0 Å². The monoisotopic (exact) mass is 272 g/mol. The van der Waals surface area contributed by atoms with E-state index >= 15 is 0 Å². The topological polar surface area (TPSA) is 43.6 Å². The molecule has 15 heavy (non-hydrogen) atoms. The number of carbonyl (C=O) groups excluding carboxylic acids is 1. The van der Waals surface area contributed by atoms with Crippen LogP contribution in [0.3, 0.4) is 0 Å². The number of esters is 1. The molecule has 0 unspecified atom stereocenters. The van der Waals surface area contributed by atoms with Gasteiger partial charge >= 0.3 is 5.97 Å². The lowest BCUT2D eigenvalue weighted by molar-refractivity contribution is 0.0603. The minimum atomic E-state index is -0.502. The third kappa shape index (κ3) is 1.61. The molecule has 0 amide bonds. The summed E-state index contributed by atoms with van der Waals surface area (Å²) in [6.45, 7) is 0. The Bertz CT molecular complexity index is 538. The molecule has 2 heterocycles. The Morgan fingerprint density at radius 2 is 2.40 bits per heavy atom. The van der Waals surface area contributed by atoms with Crippen molar-refractivity contribution in [1.82, 2.24) is 9.61 Å². The molecule has 6 heteroatoms. The molecule has 0 aliphatic carbocycles. The van der Waals surface area contributed by atoms with Gasteiger partial charge in [0.1, 0.15) is 11.4 Å². The SMILES string of the molecule is COC(=O)c1cnn2cc(F)cc(Br)c12. The first kappa shape index (κ1) is 10.1. The first-order valence-electron chi connectivity index (χ1n) is 4.04. The van der Waals surface area contributed by atoms with Crippen LogP contribution in [-0.4, -0.2) is 22.7 Å². The first-order chi connectivity index (χ1) is 7.13. The van der Waals surface area contributed by atoms with E-state index in [2.05, 4.69) is 25.8 Å². The third-order valence-corrected chi connectivity index (χ3v) is 2.54. The number of hydrogen-bond acceptors (Lipinski definition) is 3. The molecular weight excluding hydrogens is 267 g/mol. The molecule has 0 radical (unpaired) electrons. The van der Waals surface area contributed by atoms with Crippen LogP contribution in [0.5, 0.6) is 0 Å². The first-order valence-corrected chi connectivity index (χ1v) is 4.83. The molecule has 4 nitrogen and oxygen atoms in total. The molecule has 0 aliphatic heterocycles. The maximum atomic E-state index is 13.0. The molecule has 0 aromatic carbocycles. The predicted octanol–water partition coefficient (Wildman–Crippen LogP) is 2.02. The summed E-state index contributed by atoms with van der Waals surface area (Å²) in [7, 11) is 1.28. The largest absolute Gasteiger partial charge is 0.465 e. The highest BCUT2D eigenvalue weighted by Gasteiger charge is 2.16. The number of aromatic nitrogens is 2. The molecule has 0 spiro atoms. The number of halogens is 2. The molecule has 0 N–H and O–H groups in total. The van der Waals surface area contributed by atoms with E-state index in [-0.39, 0.29) is 0 Å². The summed E-state index contributed by atoms with van der Waals surface area (Å²) in [5.41, 5.74) is 0.785. The van der Waals surface area contributed by atoms with Gasteiger partial charge in [-0.25, -0.2) is 13.7 Å². The van der Waals surface area contributed by atoms with Crippen LogP contribution in [0.2, 0.25) is 0 Å². The van der Waals surface area contributed by atoms with E-state index in [0.717, 1.165) is 0 Å². The van der Waals surface area contributed by atoms with Crippen LogP contribution in [0.1, 0.15) is 10.4 Å². The van der Waals surface area contributed by atoms with E-state index in [1.54, 1.807) is 0 Å². The molecule has 0 aliphatic rings. The fourth-order valence-corrected chi connectivity index (χ4v) is 1.91. The van der Waals surface area contributed by atoms with E-state index in [0.29, 0.717) is 15.6 Å². The Kier molecular flexibility index (Phi) is 2.44. The van der Waals surface area contributed by atoms with Crippen LogP contribution in [0.25, 0.3) is 5.52 Å². The lowest BCUT2D eigenvalue weighted by Crippen LogP contribution is -2.01. The molecule has 2 rings (SSSR count). The van der Waals surface area contributed by atoms with Crippen LogP contribution < -0.4 is 0 Å². The molecule has 0 fully saturated rings. The van der Waals surface area contributed by atoms with Gasteiger partial charge < -0.3 is 4.74 Å². The van der Waals surface area contributed by atoms with Crippen LogP contribution in [0.4, 0.5) is 4.39 Å². The summed E-state index contributed by atoms with van der Waals surface area (Å²) >= 11 is 3.17. The Morgan fingerprint density at radius 3 is 3.07 bits per heavy atom. The van der Waals surface area contributed by atoms with Crippen LogP contribution in [0.15, 0.2) is 22.9 Å². The van der Waals surface area contributed by atoms with Gasteiger partial charge in [-0.05, 0) is 22.0 Å². The summed E-state index contributed by atoms with van der Waals surface area (Å²) in [4.78, 5) is 11.3. The van der Waals surface area contributed by atoms with Gasteiger partial charge in [-0.1, -0.05) is 0 Å². The van der Waals surface area contributed by atoms with Crippen molar-refractivity contribution in [3.8, 4) is 0 Å². The smallest absolute Gasteiger partial charge is 0.341 e. The minimum absolute atomic E-state index is 0.296. The molecule has 78 valence electrons. The Morgan fingerprint density at radius 1 is 1.67 bits per heavy atom. The summed E-state index contributed by atoms with van der Waals surface area (Å²) in [6.07, 6.45) is 2.53. The highest BCUT2D eigenvalue weighted by Crippen LogP contribution is 2.23. The Hall–Kier alpha value is -1.43. The molecular formula is C9H6BrFN2O2. The van der Waals surface area contributed by atoms with E-state index < -0.39 is 11.8 Å². The number of fused-ring (bicyclic) bond motifs is 1. The summed E-state index contributed by atoms with van der Waals surface area (Å²) < 4.78 is 19.3. The van der Waals surface area contributed by atoms with E-state index in [4.69, 9.17) is 0 Å². The fraction of sp³-hybridized carbons (Fsp3) is 0.111. The maximum Gasteiger partial charge on any atom is 0.341 e. The van der Waals surface area contributed by atoms with Gasteiger partial charge in [0.15, 0.2) is 0 Å². The zero-order chi connectivity index (χ0) is 11.0. The molecule has 0 bridgehead atoms. The van der Waals surface area contributed by atoms with Crippen molar-refractivity contribution >= 4 is 27.4 Å². The zero-order valence-corrected chi connectivity index (χ0v) is 9.28. The normalized spacial score (nSPS) is 10.6. The van der Waals surface area contributed by atoms with Crippen molar-refractivity contribution in [1.29, 1.82) is 0 Å². The van der Waals surface area contributed by atoms with Gasteiger partial charge in [0, 0.05) is 4.47 Å². The van der Waals surface area contributed by atoms with Crippen molar-refractivity contribution < 1.29 is 13.9 Å². The van der Waals surface area contributed by atoms with E-state index in [1.165, 1.54) is 30.1 Å². The fourth-order valence-electron chi connectivity index (χ4n) is 1.30. The van der Waals surface area contributed by atoms with E-state index in [9.17, 15) is 9.18 Å². The van der Waals surface area contributed by atoms with Gasteiger partial charge in [-0.2, -0.15) is 5.10 Å². The second kappa shape index (κ2) is 3.62. The quantitative estimate of drug-likeness (QED) is 0.746. The highest BCUT2D eigenvalue weighted by molar-refractivity contribution is 9.10. The lowest BCUT2D eigenvalue weighted by Gasteiger charge is -2.00. The number of ether oxygens (including phenoxy) is 1. The van der Waals surface area contributed by atoms with Crippen LogP contribution in [-0.2, 0) is 4.74 Å². The molecule has 2 aromatic rings. The number of methoxy groups -OCH3 is 1. The Labute approximate surface area is 92.8 Å². The zero-order valence-electron chi connectivity index (χ0n) is 7.70. The maximum absolute atomic E-state index is 13.0. The predicted molar refractivity (Wildman–Crippen MR) is 54.2 cm³/mol. The summed E-state index contributed by atoms with van der Waals surface area (Å²) in [5, 5.41) is 3.86. The summed E-state index contributed by atoms with van der Waals surface area (Å²) in [5.74, 6) is -0.939. The molecule has 2 aromatic heterocycles. The molecule has 0 atom stereocenters. The number of nitrogens with zero attached hydrogens (tertiary/aromatic N) is 2. The van der Waals surface area contributed by atoms with Crippen molar-refractivity contribution in [2.45, 2.75) is 0 Å². The second-order valence-electron chi connectivity index (χ2n) is 2.85. The van der Waals surface area contributed by atoms with Crippen molar-refractivity contribution in [3.63, 3.8) is 0 Å². The van der Waals surface area contributed by atoms with Crippen molar-refractivity contribution in [2.75, 3.05) is 7.11 Å². The van der Waals surface area contributed by atoms with Gasteiger partial charge in [0.05, 0.1) is 25.0 Å². The van der Waals surface area contributed by atoms with Crippen LogP contribution >= 0.6 is 15.9 Å². The average molecular weight is 273 g/mol. The van der Waals surface area contributed by atoms with Gasteiger partial charge in [0.25, 0.3) is 0 Å². The van der Waals surface area contributed by atoms with Crippen molar-refractivity contribution in [2.24, 2.45) is 0 Å². The van der Waals surface area contributed by atoms with Gasteiger partial charge in [-0.15, -0.1) is 0 Å². The van der Waals surface area contributed by atoms with Crippen molar-refractivity contribution in [3.05, 3.63) is 34.3 Å². The lowest BCUT2D eigenvalue weighted by atomic mass is 10.2.